The van der Waals surface area contributed by atoms with E-state index in [0.29, 0.717) is 17.4 Å². The van der Waals surface area contributed by atoms with Crippen LogP contribution >= 0.6 is 0 Å². The number of aliphatic hydroxyl groups is 1. The molecule has 3 unspecified atom stereocenters. The molecule has 2 rings (SSSR count). The minimum Gasteiger partial charge on any atom is -0.394 e. The molecule has 1 aliphatic rings. The third-order valence-electron chi connectivity index (χ3n) is 4.13. The van der Waals surface area contributed by atoms with Gasteiger partial charge in [0.05, 0.1) is 12.6 Å². The molecule has 0 aliphatic heterocycles. The predicted octanol–water partition coefficient (Wildman–Crippen LogP) is 3.13. The molecule has 1 aromatic carbocycles. The summed E-state index contributed by atoms with van der Waals surface area (Å²) in [7, 11) is 0. The van der Waals surface area contributed by atoms with Gasteiger partial charge in [-0.2, -0.15) is 0 Å². The summed E-state index contributed by atoms with van der Waals surface area (Å²) in [6, 6.07) is 10.8. The molecular formula is C16H25NO. The first-order valence-corrected chi connectivity index (χ1v) is 6.94. The van der Waals surface area contributed by atoms with Crippen LogP contribution in [0.25, 0.3) is 0 Å². The molecule has 0 aromatic heterocycles. The van der Waals surface area contributed by atoms with Crippen molar-refractivity contribution in [3.63, 3.8) is 0 Å². The fraction of sp³-hybridized carbons (Fsp3) is 0.625. The average molecular weight is 247 g/mol. The van der Waals surface area contributed by atoms with Crippen LogP contribution < -0.4 is 5.32 Å². The summed E-state index contributed by atoms with van der Waals surface area (Å²) >= 11 is 0. The molecule has 2 nitrogen and oxygen atoms in total. The van der Waals surface area contributed by atoms with Gasteiger partial charge in [-0.05, 0) is 29.7 Å². The van der Waals surface area contributed by atoms with Crippen LogP contribution in [0.4, 0.5) is 0 Å². The monoisotopic (exact) mass is 247 g/mol. The minimum absolute atomic E-state index is 0.0625. The Bertz CT molecular complexity index is 374. The minimum atomic E-state index is 0.0625. The Hall–Kier alpha value is -0.860. The SMILES string of the molecule is CC1CC(C)(C)CC1NC(CO)c1ccccc1. The highest BCUT2D eigenvalue weighted by Crippen LogP contribution is 2.41. The topological polar surface area (TPSA) is 32.3 Å². The van der Waals surface area contributed by atoms with Gasteiger partial charge in [0.25, 0.3) is 0 Å². The van der Waals surface area contributed by atoms with Crippen molar-refractivity contribution >= 4 is 0 Å². The molecule has 1 aliphatic carbocycles. The van der Waals surface area contributed by atoms with Crippen molar-refractivity contribution in [2.45, 2.75) is 45.7 Å². The zero-order chi connectivity index (χ0) is 13.2. The van der Waals surface area contributed by atoms with E-state index in [9.17, 15) is 5.11 Å². The lowest BCUT2D eigenvalue weighted by atomic mass is 9.91. The van der Waals surface area contributed by atoms with E-state index >= 15 is 0 Å². The number of benzene rings is 1. The Labute approximate surface area is 110 Å². The molecule has 0 radical (unpaired) electrons. The molecule has 3 atom stereocenters. The molecule has 0 bridgehead atoms. The van der Waals surface area contributed by atoms with Gasteiger partial charge in [0.2, 0.25) is 0 Å². The van der Waals surface area contributed by atoms with Gasteiger partial charge in [-0.25, -0.2) is 0 Å². The van der Waals surface area contributed by atoms with Gasteiger partial charge in [0.1, 0.15) is 0 Å². The van der Waals surface area contributed by atoms with E-state index in [0.717, 1.165) is 0 Å². The Morgan fingerprint density at radius 1 is 1.28 bits per heavy atom. The first-order chi connectivity index (χ1) is 8.52. The Morgan fingerprint density at radius 2 is 1.94 bits per heavy atom. The molecule has 0 heterocycles. The van der Waals surface area contributed by atoms with Crippen LogP contribution in [0.2, 0.25) is 0 Å². The molecule has 1 fully saturated rings. The molecule has 100 valence electrons. The molecular weight excluding hydrogens is 222 g/mol. The van der Waals surface area contributed by atoms with Crippen LogP contribution in [0.1, 0.15) is 45.2 Å². The molecule has 1 aromatic rings. The second kappa shape index (κ2) is 5.41. The first kappa shape index (κ1) is 13.6. The molecule has 0 spiro atoms. The highest BCUT2D eigenvalue weighted by Gasteiger charge is 2.37. The lowest BCUT2D eigenvalue weighted by Gasteiger charge is -2.25. The molecule has 0 saturated heterocycles. The van der Waals surface area contributed by atoms with Gasteiger partial charge in [0.15, 0.2) is 0 Å². The van der Waals surface area contributed by atoms with E-state index in [-0.39, 0.29) is 12.6 Å². The largest absolute Gasteiger partial charge is 0.394 e. The lowest BCUT2D eigenvalue weighted by molar-refractivity contribution is 0.223. The van der Waals surface area contributed by atoms with E-state index < -0.39 is 0 Å². The molecule has 1 saturated carbocycles. The standard InChI is InChI=1S/C16H25NO/c1-12-9-16(2,3)10-14(12)17-15(11-18)13-7-5-4-6-8-13/h4-8,12,14-15,17-18H,9-11H2,1-3H3. The molecule has 18 heavy (non-hydrogen) atoms. The predicted molar refractivity (Wildman–Crippen MR) is 75.4 cm³/mol. The molecule has 0 amide bonds. The van der Waals surface area contributed by atoms with Crippen LogP contribution in [-0.2, 0) is 0 Å². The summed E-state index contributed by atoms with van der Waals surface area (Å²) in [5.41, 5.74) is 1.60. The zero-order valence-electron chi connectivity index (χ0n) is 11.7. The van der Waals surface area contributed by atoms with Gasteiger partial charge in [-0.3, -0.25) is 0 Å². The smallest absolute Gasteiger partial charge is 0.0626 e. The Kier molecular flexibility index (Phi) is 4.08. The van der Waals surface area contributed by atoms with Crippen LogP contribution in [0, 0.1) is 11.3 Å². The molecule has 2 N–H and O–H groups in total. The Morgan fingerprint density at radius 3 is 2.44 bits per heavy atom. The lowest BCUT2D eigenvalue weighted by Crippen LogP contribution is -2.36. The summed E-state index contributed by atoms with van der Waals surface area (Å²) in [5, 5.41) is 13.2. The second-order valence-corrected chi connectivity index (χ2v) is 6.47. The van der Waals surface area contributed by atoms with Gasteiger partial charge < -0.3 is 10.4 Å². The van der Waals surface area contributed by atoms with Crippen molar-refractivity contribution in [1.82, 2.24) is 5.32 Å². The maximum absolute atomic E-state index is 9.59. The van der Waals surface area contributed by atoms with Crippen molar-refractivity contribution in [2.75, 3.05) is 6.61 Å². The maximum atomic E-state index is 9.59. The van der Waals surface area contributed by atoms with E-state index in [2.05, 4.69) is 38.2 Å². The van der Waals surface area contributed by atoms with Crippen LogP contribution in [-0.4, -0.2) is 17.8 Å². The third-order valence-corrected chi connectivity index (χ3v) is 4.13. The number of hydrogen-bond donors (Lipinski definition) is 2. The normalized spacial score (nSPS) is 28.2. The van der Waals surface area contributed by atoms with Crippen molar-refractivity contribution in [1.29, 1.82) is 0 Å². The quantitative estimate of drug-likeness (QED) is 0.856. The van der Waals surface area contributed by atoms with Gasteiger partial charge in [0, 0.05) is 6.04 Å². The second-order valence-electron chi connectivity index (χ2n) is 6.47. The number of rotatable bonds is 4. The fourth-order valence-electron chi connectivity index (χ4n) is 3.32. The Balaban J connectivity index is 2.04. The highest BCUT2D eigenvalue weighted by molar-refractivity contribution is 5.19. The van der Waals surface area contributed by atoms with Gasteiger partial charge >= 0.3 is 0 Å². The average Bonchev–Trinajstić information content (AvgIpc) is 2.60. The van der Waals surface area contributed by atoms with Crippen molar-refractivity contribution in [3.8, 4) is 0 Å². The van der Waals surface area contributed by atoms with E-state index in [4.69, 9.17) is 0 Å². The maximum Gasteiger partial charge on any atom is 0.0626 e. The van der Waals surface area contributed by atoms with Gasteiger partial charge in [-0.1, -0.05) is 51.1 Å². The third kappa shape index (κ3) is 3.12. The van der Waals surface area contributed by atoms with Crippen molar-refractivity contribution in [3.05, 3.63) is 35.9 Å². The van der Waals surface area contributed by atoms with Crippen LogP contribution in [0.3, 0.4) is 0 Å². The van der Waals surface area contributed by atoms with Crippen LogP contribution in [0.15, 0.2) is 30.3 Å². The van der Waals surface area contributed by atoms with Crippen LogP contribution in [0.5, 0.6) is 0 Å². The number of nitrogens with one attached hydrogen (secondary N) is 1. The fourth-order valence-corrected chi connectivity index (χ4v) is 3.32. The molecule has 2 heteroatoms. The number of aliphatic hydroxyl groups excluding tert-OH is 1. The summed E-state index contributed by atoms with van der Waals surface area (Å²) in [6.45, 7) is 7.14. The summed E-state index contributed by atoms with van der Waals surface area (Å²) < 4.78 is 0. The van der Waals surface area contributed by atoms with Crippen molar-refractivity contribution < 1.29 is 5.11 Å². The number of hydrogen-bond acceptors (Lipinski definition) is 2. The summed E-state index contributed by atoms with van der Waals surface area (Å²) in [4.78, 5) is 0. The van der Waals surface area contributed by atoms with Crippen molar-refractivity contribution in [2.24, 2.45) is 11.3 Å². The van der Waals surface area contributed by atoms with E-state index in [1.54, 1.807) is 0 Å². The van der Waals surface area contributed by atoms with E-state index in [1.165, 1.54) is 18.4 Å². The first-order valence-electron chi connectivity index (χ1n) is 6.94. The van der Waals surface area contributed by atoms with Gasteiger partial charge in [-0.15, -0.1) is 0 Å². The zero-order valence-corrected chi connectivity index (χ0v) is 11.7. The highest BCUT2D eigenvalue weighted by atomic mass is 16.3. The summed E-state index contributed by atoms with van der Waals surface area (Å²) in [6.07, 6.45) is 2.45. The summed E-state index contributed by atoms with van der Waals surface area (Å²) in [5.74, 6) is 0.678. The van der Waals surface area contributed by atoms with E-state index in [1.807, 2.05) is 18.2 Å².